The Morgan fingerprint density at radius 3 is 2.13 bits per heavy atom. The summed E-state index contributed by atoms with van der Waals surface area (Å²) in [7, 11) is 8.04. The van der Waals surface area contributed by atoms with Crippen LogP contribution in [0.3, 0.4) is 0 Å². The summed E-state index contributed by atoms with van der Waals surface area (Å²) in [6.07, 6.45) is 5.81. The van der Waals surface area contributed by atoms with Gasteiger partial charge >= 0.3 is 5.97 Å². The number of rotatable bonds is 27. The van der Waals surface area contributed by atoms with Crippen LogP contribution in [0.1, 0.15) is 82.5 Å². The minimum Gasteiger partial charge on any atom is -0.493 e. The summed E-state index contributed by atoms with van der Waals surface area (Å²) in [5.74, 6) is 0.266. The van der Waals surface area contributed by atoms with Gasteiger partial charge in [0.05, 0.1) is 81.5 Å². The number of ether oxygens (including phenoxy) is 7. The van der Waals surface area contributed by atoms with Crippen molar-refractivity contribution in [2.75, 3.05) is 99.8 Å². The summed E-state index contributed by atoms with van der Waals surface area (Å²) in [5.41, 5.74) is 9.28. The van der Waals surface area contributed by atoms with Gasteiger partial charge < -0.3 is 48.2 Å². The predicted molar refractivity (Wildman–Crippen MR) is 320 cm³/mol. The fourth-order valence-corrected chi connectivity index (χ4v) is 13.2. The summed E-state index contributed by atoms with van der Waals surface area (Å²) in [6.45, 7) is 8.19. The molecule has 5 aliphatic heterocycles. The van der Waals surface area contributed by atoms with E-state index in [9.17, 15) is 24.0 Å². The molecule has 5 heterocycles. The molecule has 10 rings (SSSR count). The number of anilines is 4. The molecule has 0 radical (unpaired) electrons. The number of nitrogens with one attached hydrogen (secondary N) is 1. The van der Waals surface area contributed by atoms with Crippen molar-refractivity contribution in [1.29, 1.82) is 0 Å². The van der Waals surface area contributed by atoms with Gasteiger partial charge in [-0.05, 0) is 91.1 Å². The average molecular weight is 1170 g/mol. The molecule has 19 nitrogen and oxygen atoms in total. The molecule has 5 aliphatic rings. The van der Waals surface area contributed by atoms with E-state index in [1.807, 2.05) is 73.0 Å². The average Bonchev–Trinajstić information content (AvgIpc) is 4.29. The molecule has 0 unspecified atom stereocenters. The van der Waals surface area contributed by atoms with Crippen LogP contribution < -0.4 is 39.0 Å². The highest BCUT2D eigenvalue weighted by molar-refractivity contribution is 8.77. The first-order valence-electron chi connectivity index (χ1n) is 27.7. The van der Waals surface area contributed by atoms with Crippen LogP contribution in [0, 0.1) is 0 Å². The van der Waals surface area contributed by atoms with Crippen LogP contribution in [-0.4, -0.2) is 131 Å². The Labute approximate surface area is 490 Å². The molecule has 1 saturated heterocycles. The molecular formula is C62H68N6O13S2. The van der Waals surface area contributed by atoms with Gasteiger partial charge in [-0.3, -0.25) is 34.0 Å². The minimum absolute atomic E-state index is 0.0365. The normalized spacial score (nSPS) is 15.9. The van der Waals surface area contributed by atoms with Gasteiger partial charge in [-0.15, -0.1) is 5.06 Å². The van der Waals surface area contributed by atoms with E-state index >= 15 is 0 Å². The zero-order valence-electron chi connectivity index (χ0n) is 47.3. The predicted octanol–water partition coefficient (Wildman–Crippen LogP) is 9.69. The first kappa shape index (κ1) is 58.6. The van der Waals surface area contributed by atoms with Gasteiger partial charge in [0, 0.05) is 105 Å². The second kappa shape index (κ2) is 26.8. The molecule has 436 valence electrons. The molecule has 5 aromatic rings. The van der Waals surface area contributed by atoms with Crippen molar-refractivity contribution in [2.45, 2.75) is 76.4 Å². The van der Waals surface area contributed by atoms with Crippen LogP contribution in [0.25, 0.3) is 0 Å². The Hall–Kier alpha value is -7.56. The van der Waals surface area contributed by atoms with E-state index in [1.165, 1.54) is 0 Å². The highest BCUT2D eigenvalue weighted by atomic mass is 33.1. The fraction of sp³-hybridized carbons (Fsp3) is 0.387. The summed E-state index contributed by atoms with van der Waals surface area (Å²) in [5, 5.41) is 4.03. The Morgan fingerprint density at radius 2 is 1.41 bits per heavy atom. The van der Waals surface area contributed by atoms with Crippen LogP contribution in [0.4, 0.5) is 28.4 Å². The number of imide groups is 1. The lowest BCUT2D eigenvalue weighted by Crippen LogP contribution is -2.38. The molecule has 0 aliphatic carbocycles. The number of carbonyl (C=O) groups excluding carboxylic acids is 5. The third-order valence-corrected chi connectivity index (χ3v) is 17.9. The van der Waals surface area contributed by atoms with Crippen molar-refractivity contribution < 1.29 is 62.0 Å². The number of benzene rings is 5. The first-order valence-corrected chi connectivity index (χ1v) is 30.0. The molecule has 0 aromatic heterocycles. The maximum absolute atomic E-state index is 14.4. The van der Waals surface area contributed by atoms with E-state index in [4.69, 9.17) is 43.0 Å². The van der Waals surface area contributed by atoms with Gasteiger partial charge in [0.1, 0.15) is 13.2 Å². The number of methoxy groups -OCH3 is 3. The van der Waals surface area contributed by atoms with Crippen molar-refractivity contribution >= 4 is 85.8 Å². The number of hydrogen-bond acceptors (Lipinski definition) is 18. The SMILES string of the molecule is COCCOCCOCCN(CC(C)(C)SSCCCC(=O)ON1C(=O)CCC1=O)c1cc(COc2cc3c(cc2OC)C(=O)N2c4ccccc4C[C@H]2C=N3)cc(COc2cc3c(cc2OC)C(=O)N2C(=CCN3)Cc3ccccc32)c1. The zero-order valence-corrected chi connectivity index (χ0v) is 48.9. The lowest BCUT2D eigenvalue weighted by Gasteiger charge is -2.34. The van der Waals surface area contributed by atoms with Gasteiger partial charge in [0.2, 0.25) is 0 Å². The van der Waals surface area contributed by atoms with Crippen LogP contribution >= 0.6 is 21.6 Å². The maximum atomic E-state index is 14.4. The summed E-state index contributed by atoms with van der Waals surface area (Å²) in [6, 6.07) is 28.8. The maximum Gasteiger partial charge on any atom is 0.333 e. The summed E-state index contributed by atoms with van der Waals surface area (Å²) >= 11 is 0. The number of hydroxylamine groups is 2. The van der Waals surface area contributed by atoms with Gasteiger partial charge in [0.25, 0.3) is 23.6 Å². The third-order valence-electron chi connectivity index (χ3n) is 14.6. The molecule has 1 fully saturated rings. The number of para-hydroxylation sites is 2. The first-order chi connectivity index (χ1) is 40.3. The van der Waals surface area contributed by atoms with Gasteiger partial charge in [0.15, 0.2) is 23.0 Å². The molecule has 5 aromatic carbocycles. The number of fused-ring (bicyclic) bond motifs is 8. The number of hydrogen-bond donors (Lipinski definition) is 1. The molecule has 1 N–H and O–H groups in total. The molecular weight excluding hydrogens is 1100 g/mol. The van der Waals surface area contributed by atoms with Gasteiger partial charge in [-0.2, -0.15) is 0 Å². The highest BCUT2D eigenvalue weighted by Crippen LogP contribution is 2.44. The molecule has 0 spiro atoms. The highest BCUT2D eigenvalue weighted by Gasteiger charge is 2.38. The van der Waals surface area contributed by atoms with E-state index in [-0.39, 0.29) is 55.1 Å². The van der Waals surface area contributed by atoms with E-state index in [0.717, 1.165) is 45.0 Å². The topological polar surface area (TPSA) is 197 Å². The molecule has 83 heavy (non-hydrogen) atoms. The Balaban J connectivity index is 0.913. The smallest absolute Gasteiger partial charge is 0.333 e. The summed E-state index contributed by atoms with van der Waals surface area (Å²) in [4.78, 5) is 81.0. The quantitative estimate of drug-likeness (QED) is 0.0296. The number of aliphatic imine (C=N–C) groups is 1. The lowest BCUT2D eigenvalue weighted by atomic mass is 10.1. The standard InChI is InChI=1S/C62H68N6O13S2/c1-62(2,83-82-26-10-15-59(71)81-68-57(69)16-17-58(68)70)39-65(20-21-77-24-25-78-23-22-74-3)45-28-40(37-79-55-34-49-47(32-53(55)75-4)60(72)66-44(18-19-63-49)30-42-11-6-8-13-51(42)66)27-41(29-45)38-80-56-35-50-48(33-54(56)76-5)61(73)67-46(36-64-50)31-43-12-7-9-14-52(43)67/h6-9,11-14,18,27-29,32-36,46,63H,10,15-17,19-26,30-31,37-39H2,1-5H3/t46-/m0/s1. The van der Waals surface area contributed by atoms with Crippen LogP contribution in [0.5, 0.6) is 23.0 Å². The third kappa shape index (κ3) is 13.8. The van der Waals surface area contributed by atoms with Crippen molar-refractivity contribution in [2.24, 2.45) is 4.99 Å². The van der Waals surface area contributed by atoms with Crippen LogP contribution in [0.15, 0.2) is 108 Å². The molecule has 0 bridgehead atoms. The van der Waals surface area contributed by atoms with Crippen molar-refractivity contribution in [3.05, 3.63) is 136 Å². The molecule has 21 heteroatoms. The largest absolute Gasteiger partial charge is 0.493 e. The second-order valence-electron chi connectivity index (χ2n) is 21.0. The minimum atomic E-state index is -0.625. The summed E-state index contributed by atoms with van der Waals surface area (Å²) < 4.78 is 41.8. The zero-order chi connectivity index (χ0) is 58.0. The van der Waals surface area contributed by atoms with E-state index in [2.05, 4.69) is 36.2 Å². The number of nitrogens with zero attached hydrogens (tertiary/aromatic N) is 5. The Bertz CT molecular complexity index is 3300. The van der Waals surface area contributed by atoms with Crippen molar-refractivity contribution in [1.82, 2.24) is 5.06 Å². The van der Waals surface area contributed by atoms with Crippen molar-refractivity contribution in [3.63, 3.8) is 0 Å². The fourth-order valence-electron chi connectivity index (χ4n) is 10.6. The van der Waals surface area contributed by atoms with E-state index in [0.29, 0.717) is 128 Å². The molecule has 0 saturated carbocycles. The van der Waals surface area contributed by atoms with Crippen LogP contribution in [-0.2, 0) is 59.5 Å². The van der Waals surface area contributed by atoms with Crippen molar-refractivity contribution in [3.8, 4) is 23.0 Å². The molecule has 1 atom stereocenters. The lowest BCUT2D eigenvalue weighted by molar-refractivity contribution is -0.197. The number of carbonyl (C=O) groups is 5. The Morgan fingerprint density at radius 1 is 0.747 bits per heavy atom. The van der Waals surface area contributed by atoms with E-state index < -0.39 is 17.8 Å². The van der Waals surface area contributed by atoms with Crippen LogP contribution in [0.2, 0.25) is 0 Å². The second-order valence-corrected chi connectivity index (χ2v) is 24.1. The van der Waals surface area contributed by atoms with Gasteiger partial charge in [-0.1, -0.05) is 58.0 Å². The Kier molecular flexibility index (Phi) is 18.9. The number of allylic oxidation sites excluding steroid dienone is 1. The van der Waals surface area contributed by atoms with Gasteiger partial charge in [-0.25, -0.2) is 4.79 Å². The monoisotopic (exact) mass is 1170 g/mol. The van der Waals surface area contributed by atoms with E-state index in [1.54, 1.807) is 70.9 Å². The number of amides is 4. The molecule has 4 amide bonds.